The first kappa shape index (κ1) is 23.8. The molecule has 4 aliphatic rings. The van der Waals surface area contributed by atoms with Gasteiger partial charge in [-0.3, -0.25) is 4.79 Å². The second-order valence-electron chi connectivity index (χ2n) is 10.4. The standard InChI is InChI=1S/C27H29F4N3O/c1-15(18-4-3-5-19(24(18)29)25(30)31)32-26(35)20-10-21(27-12-16(13-27)14-27)22(28)11-23(20)33-17-6-8-34(2)9-7-17/h3-5,8,10-11,15-17,25H,6-7,9,12-14H2,1-2H3,(H-,32,33,35)/p+1/t15-,16?,17?,27?/m1/s1. The summed E-state index contributed by atoms with van der Waals surface area (Å²) in [4.78, 5) is 13.4. The predicted octanol–water partition coefficient (Wildman–Crippen LogP) is 5.73. The van der Waals surface area contributed by atoms with E-state index in [0.29, 0.717) is 22.7 Å². The Morgan fingerprint density at radius 2 is 1.86 bits per heavy atom. The molecular formula is C27H30F4N3O+. The number of amides is 1. The monoisotopic (exact) mass is 488 g/mol. The number of carbonyl (C=O) groups excluding carboxylic acids is 1. The average molecular weight is 489 g/mol. The van der Waals surface area contributed by atoms with E-state index in [2.05, 4.69) is 21.4 Å². The van der Waals surface area contributed by atoms with Gasteiger partial charge in [-0.25, -0.2) is 22.1 Å². The molecule has 35 heavy (non-hydrogen) atoms. The van der Waals surface area contributed by atoms with E-state index in [1.54, 1.807) is 13.0 Å². The lowest BCUT2D eigenvalue weighted by atomic mass is 9.42. The van der Waals surface area contributed by atoms with Gasteiger partial charge in [-0.1, -0.05) is 18.2 Å². The zero-order valence-corrected chi connectivity index (χ0v) is 19.9. The molecule has 2 N–H and O–H groups in total. The second-order valence-corrected chi connectivity index (χ2v) is 10.4. The minimum atomic E-state index is -2.95. The van der Waals surface area contributed by atoms with Crippen molar-refractivity contribution in [3.63, 3.8) is 0 Å². The smallest absolute Gasteiger partial charge is 0.266 e. The lowest BCUT2D eigenvalue weighted by Gasteiger charge is -2.62. The maximum absolute atomic E-state index is 15.2. The normalized spacial score (nSPS) is 25.9. The van der Waals surface area contributed by atoms with E-state index in [9.17, 15) is 18.0 Å². The van der Waals surface area contributed by atoms with Crippen molar-refractivity contribution < 1.29 is 26.9 Å². The molecule has 1 amide bonds. The number of halogens is 4. The molecule has 3 aliphatic carbocycles. The fraction of sp³-hybridized carbons (Fsp3) is 0.481. The zero-order chi connectivity index (χ0) is 24.9. The summed E-state index contributed by atoms with van der Waals surface area (Å²) < 4.78 is 58.3. The van der Waals surface area contributed by atoms with Crippen molar-refractivity contribution in [2.45, 2.75) is 63.0 Å². The van der Waals surface area contributed by atoms with Crippen molar-refractivity contribution in [1.82, 2.24) is 5.32 Å². The third-order valence-electron chi connectivity index (χ3n) is 7.96. The quantitative estimate of drug-likeness (QED) is 0.386. The molecule has 2 bridgehead atoms. The van der Waals surface area contributed by atoms with Crippen molar-refractivity contribution in [1.29, 1.82) is 0 Å². The van der Waals surface area contributed by atoms with E-state index >= 15 is 4.39 Å². The first-order valence-corrected chi connectivity index (χ1v) is 12.2. The largest absolute Gasteiger partial charge is 0.381 e. The third-order valence-corrected chi connectivity index (χ3v) is 7.96. The van der Waals surface area contributed by atoms with Crippen molar-refractivity contribution in [2.24, 2.45) is 5.92 Å². The molecule has 1 unspecified atom stereocenters. The van der Waals surface area contributed by atoms with Crippen LogP contribution in [0.4, 0.5) is 23.2 Å². The van der Waals surface area contributed by atoms with Crippen LogP contribution in [0.25, 0.3) is 0 Å². The average Bonchev–Trinajstić information content (AvgIpc) is 2.74. The van der Waals surface area contributed by atoms with E-state index in [1.165, 1.54) is 18.2 Å². The van der Waals surface area contributed by atoms with E-state index in [1.807, 2.05) is 7.05 Å². The summed E-state index contributed by atoms with van der Waals surface area (Å²) in [6.45, 7) is 2.40. The first-order chi connectivity index (χ1) is 16.7. The number of nitrogens with one attached hydrogen (secondary N) is 2. The molecule has 2 aromatic rings. The van der Waals surface area contributed by atoms with Crippen molar-refractivity contribution in [3.8, 4) is 0 Å². The molecule has 8 heteroatoms. The SMILES string of the molecule is C[C@@H](NC(=O)c1cc(C23CC(C2)C3)c(F)cc1NC1CC=[N+](C)CC1)c1cccc(C(F)F)c1F. The van der Waals surface area contributed by atoms with Gasteiger partial charge < -0.3 is 10.6 Å². The predicted molar refractivity (Wildman–Crippen MR) is 126 cm³/mol. The Labute approximate surface area is 202 Å². The second kappa shape index (κ2) is 8.95. The summed E-state index contributed by atoms with van der Waals surface area (Å²) in [5.74, 6) is -1.19. The number of rotatable bonds is 7. The summed E-state index contributed by atoms with van der Waals surface area (Å²) in [7, 11) is 2.00. The number of nitrogens with zero attached hydrogens (tertiary/aromatic N) is 1. The van der Waals surface area contributed by atoms with Gasteiger partial charge in [0.15, 0.2) is 0 Å². The number of hydrogen-bond acceptors (Lipinski definition) is 2. The maximum Gasteiger partial charge on any atom is 0.266 e. The van der Waals surface area contributed by atoms with Crippen LogP contribution < -0.4 is 10.6 Å². The molecule has 0 aromatic heterocycles. The molecule has 1 aliphatic heterocycles. The Kier molecular flexibility index (Phi) is 6.09. The van der Waals surface area contributed by atoms with Crippen LogP contribution in [0.15, 0.2) is 30.3 Å². The highest BCUT2D eigenvalue weighted by atomic mass is 19.3. The van der Waals surface area contributed by atoms with Gasteiger partial charge in [0.1, 0.15) is 31.4 Å². The molecule has 0 spiro atoms. The fourth-order valence-corrected chi connectivity index (χ4v) is 5.75. The van der Waals surface area contributed by atoms with Crippen LogP contribution in [0.3, 0.4) is 0 Å². The zero-order valence-electron chi connectivity index (χ0n) is 19.9. The fourth-order valence-electron chi connectivity index (χ4n) is 5.75. The molecule has 6 rings (SSSR count). The topological polar surface area (TPSA) is 44.1 Å². The van der Waals surface area contributed by atoms with Gasteiger partial charge in [0.2, 0.25) is 0 Å². The lowest BCUT2D eigenvalue weighted by molar-refractivity contribution is -0.498. The molecule has 0 saturated heterocycles. The minimum Gasteiger partial charge on any atom is -0.381 e. The third kappa shape index (κ3) is 4.32. The Bertz CT molecular complexity index is 1180. The van der Waals surface area contributed by atoms with E-state index in [4.69, 9.17) is 0 Å². The Balaban J connectivity index is 1.44. The van der Waals surface area contributed by atoms with E-state index < -0.39 is 29.8 Å². The Morgan fingerprint density at radius 3 is 2.46 bits per heavy atom. The molecule has 2 aromatic carbocycles. The highest BCUT2D eigenvalue weighted by Gasteiger charge is 2.58. The maximum atomic E-state index is 15.2. The number of benzene rings is 2. The van der Waals surface area contributed by atoms with Gasteiger partial charge in [0.05, 0.1) is 22.9 Å². The van der Waals surface area contributed by atoms with Crippen LogP contribution in [-0.2, 0) is 5.41 Å². The molecule has 0 radical (unpaired) electrons. The highest BCUT2D eigenvalue weighted by molar-refractivity contribution is 6.00. The summed E-state index contributed by atoms with van der Waals surface area (Å²) in [6, 6.07) is 6.02. The number of carbonyl (C=O) groups is 1. The highest BCUT2D eigenvalue weighted by Crippen LogP contribution is 2.65. The van der Waals surface area contributed by atoms with Gasteiger partial charge >= 0.3 is 0 Å². The van der Waals surface area contributed by atoms with Gasteiger partial charge in [0.25, 0.3) is 12.3 Å². The van der Waals surface area contributed by atoms with Crippen LogP contribution in [0.2, 0.25) is 0 Å². The molecule has 1 heterocycles. The number of hydrogen-bond donors (Lipinski definition) is 2. The molecular weight excluding hydrogens is 458 g/mol. The molecule has 186 valence electrons. The number of anilines is 1. The van der Waals surface area contributed by atoms with Crippen LogP contribution in [0.1, 0.15) is 78.5 Å². The summed E-state index contributed by atoms with van der Waals surface area (Å²) in [5, 5.41) is 6.08. The van der Waals surface area contributed by atoms with E-state index in [0.717, 1.165) is 44.7 Å². The van der Waals surface area contributed by atoms with Crippen molar-refractivity contribution in [3.05, 3.63) is 64.2 Å². The first-order valence-electron chi connectivity index (χ1n) is 12.2. The van der Waals surface area contributed by atoms with Crippen LogP contribution in [-0.4, -0.2) is 36.3 Å². The van der Waals surface area contributed by atoms with E-state index in [-0.39, 0.29) is 22.8 Å². The van der Waals surface area contributed by atoms with Crippen LogP contribution >= 0.6 is 0 Å². The minimum absolute atomic E-state index is 0.0164. The van der Waals surface area contributed by atoms with Crippen molar-refractivity contribution in [2.75, 3.05) is 18.9 Å². The molecule has 4 nitrogen and oxygen atoms in total. The molecule has 2 atom stereocenters. The summed E-state index contributed by atoms with van der Waals surface area (Å²) >= 11 is 0. The number of alkyl halides is 2. The Hall–Kier alpha value is -2.90. The lowest BCUT2D eigenvalue weighted by Crippen LogP contribution is -2.55. The van der Waals surface area contributed by atoms with Gasteiger partial charge in [-0.15, -0.1) is 0 Å². The van der Waals surface area contributed by atoms with Crippen LogP contribution in [0, 0.1) is 17.6 Å². The molecule has 3 fully saturated rings. The molecule has 3 saturated carbocycles. The Morgan fingerprint density at radius 1 is 1.14 bits per heavy atom. The van der Waals surface area contributed by atoms with Crippen molar-refractivity contribution >= 4 is 17.8 Å². The van der Waals surface area contributed by atoms with Gasteiger partial charge in [-0.2, -0.15) is 0 Å². The van der Waals surface area contributed by atoms with Crippen LogP contribution in [0.5, 0.6) is 0 Å². The summed E-state index contributed by atoms with van der Waals surface area (Å²) in [6.07, 6.45) is 3.50. The summed E-state index contributed by atoms with van der Waals surface area (Å²) in [5.41, 5.74) is 0.348. The van der Waals surface area contributed by atoms with Gasteiger partial charge in [0, 0.05) is 24.4 Å². The van der Waals surface area contributed by atoms with Gasteiger partial charge in [-0.05, 0) is 55.2 Å².